The third-order valence-corrected chi connectivity index (χ3v) is 2.79. The Morgan fingerprint density at radius 3 is 2.62 bits per heavy atom. The molecule has 0 aromatic carbocycles. The van der Waals surface area contributed by atoms with E-state index in [-0.39, 0.29) is 11.6 Å². The van der Waals surface area contributed by atoms with Crippen molar-refractivity contribution < 1.29 is 4.74 Å². The minimum Gasteiger partial charge on any atom is -0.377 e. The molecule has 0 saturated carbocycles. The second kappa shape index (κ2) is 6.01. The predicted molar refractivity (Wildman–Crippen MR) is 56.4 cm³/mol. The number of rotatable bonds is 6. The fourth-order valence-corrected chi connectivity index (χ4v) is 1.29. The number of hydrogen-bond donors (Lipinski definition) is 1. The summed E-state index contributed by atoms with van der Waals surface area (Å²) in [5.41, 5.74) is 5.82. The number of terminal acetylenes is 1. The van der Waals surface area contributed by atoms with E-state index in [2.05, 4.69) is 12.8 Å². The van der Waals surface area contributed by atoms with Gasteiger partial charge in [-0.25, -0.2) is 0 Å². The minimum atomic E-state index is -0.200. The van der Waals surface area contributed by atoms with Gasteiger partial charge in [0, 0.05) is 19.6 Å². The molecule has 2 heteroatoms. The van der Waals surface area contributed by atoms with Crippen LogP contribution in [-0.4, -0.2) is 18.8 Å². The van der Waals surface area contributed by atoms with Crippen LogP contribution in [0.1, 0.15) is 39.5 Å². The Balaban J connectivity index is 3.93. The van der Waals surface area contributed by atoms with E-state index in [1.54, 1.807) is 7.11 Å². The Labute approximate surface area is 81.8 Å². The normalized spacial score (nSPS) is 17.5. The third-order valence-electron chi connectivity index (χ3n) is 2.79. The van der Waals surface area contributed by atoms with Gasteiger partial charge in [0.2, 0.25) is 0 Å². The highest BCUT2D eigenvalue weighted by Gasteiger charge is 2.28. The van der Waals surface area contributed by atoms with E-state index in [1.807, 2.05) is 6.92 Å². The average molecular weight is 183 g/mol. The molecule has 2 N–H and O–H groups in total. The van der Waals surface area contributed by atoms with Crippen LogP contribution in [0.3, 0.4) is 0 Å². The first-order chi connectivity index (χ1) is 6.10. The van der Waals surface area contributed by atoms with Crippen molar-refractivity contribution in [2.75, 3.05) is 7.11 Å². The van der Waals surface area contributed by atoms with Crippen LogP contribution in [0, 0.1) is 12.3 Å². The fourth-order valence-electron chi connectivity index (χ4n) is 1.29. The first-order valence-electron chi connectivity index (χ1n) is 4.85. The summed E-state index contributed by atoms with van der Waals surface area (Å²) in [5.74, 6) is 2.61. The van der Waals surface area contributed by atoms with Crippen LogP contribution < -0.4 is 5.73 Å². The summed E-state index contributed by atoms with van der Waals surface area (Å²) < 4.78 is 5.40. The molecule has 0 heterocycles. The van der Waals surface area contributed by atoms with Crippen molar-refractivity contribution in [1.29, 1.82) is 0 Å². The second-order valence-electron chi connectivity index (χ2n) is 3.57. The lowest BCUT2D eigenvalue weighted by atomic mass is 9.90. The molecule has 13 heavy (non-hydrogen) atoms. The lowest BCUT2D eigenvalue weighted by molar-refractivity contribution is -0.0208. The van der Waals surface area contributed by atoms with E-state index in [4.69, 9.17) is 16.9 Å². The van der Waals surface area contributed by atoms with E-state index in [0.29, 0.717) is 0 Å². The first-order valence-corrected chi connectivity index (χ1v) is 4.85. The van der Waals surface area contributed by atoms with Crippen LogP contribution in [0.15, 0.2) is 0 Å². The molecule has 76 valence electrons. The summed E-state index contributed by atoms with van der Waals surface area (Å²) in [6, 6.07) is 0.0795. The van der Waals surface area contributed by atoms with Crippen LogP contribution in [0.5, 0.6) is 0 Å². The topological polar surface area (TPSA) is 35.2 Å². The number of nitrogens with two attached hydrogens (primary N) is 1. The number of ether oxygens (including phenoxy) is 1. The first kappa shape index (κ1) is 12.5. The highest BCUT2D eigenvalue weighted by Crippen LogP contribution is 2.21. The largest absolute Gasteiger partial charge is 0.377 e. The fraction of sp³-hybridized carbons (Fsp3) is 0.818. The molecule has 2 atom stereocenters. The zero-order chi connectivity index (χ0) is 10.3. The quantitative estimate of drug-likeness (QED) is 0.504. The van der Waals surface area contributed by atoms with Gasteiger partial charge in [-0.05, 0) is 26.2 Å². The molecule has 0 bridgehead atoms. The smallest absolute Gasteiger partial charge is 0.0798 e. The van der Waals surface area contributed by atoms with Gasteiger partial charge in [-0.2, -0.15) is 0 Å². The lowest BCUT2D eigenvalue weighted by Gasteiger charge is -2.33. The van der Waals surface area contributed by atoms with Gasteiger partial charge in [-0.15, -0.1) is 12.3 Å². The Morgan fingerprint density at radius 2 is 2.23 bits per heavy atom. The molecule has 0 aromatic rings. The van der Waals surface area contributed by atoms with Crippen molar-refractivity contribution in [3.05, 3.63) is 0 Å². The summed E-state index contributed by atoms with van der Waals surface area (Å²) in [6.07, 6.45) is 8.82. The molecule has 2 nitrogen and oxygen atoms in total. The molecule has 0 saturated heterocycles. The van der Waals surface area contributed by atoms with Crippen LogP contribution in [0.25, 0.3) is 0 Å². The number of unbranched alkanes of at least 4 members (excludes halogenated alkanes) is 1. The average Bonchev–Trinajstić information content (AvgIpc) is 2.17. The van der Waals surface area contributed by atoms with Gasteiger partial charge in [0.25, 0.3) is 0 Å². The molecule has 2 unspecified atom stereocenters. The van der Waals surface area contributed by atoms with Gasteiger partial charge >= 0.3 is 0 Å². The predicted octanol–water partition coefficient (Wildman–Crippen LogP) is 1.93. The maximum Gasteiger partial charge on any atom is 0.0798 e. The standard InChI is InChI=1S/C11H21NO/c1-5-7-8-9-10(12)11(3,6-2)13-4/h1,10H,6-9,12H2,2-4H3. The van der Waals surface area contributed by atoms with Crippen molar-refractivity contribution >= 4 is 0 Å². The van der Waals surface area contributed by atoms with Gasteiger partial charge in [-0.1, -0.05) is 6.92 Å². The molecule has 0 rings (SSSR count). The molecule has 0 amide bonds. The molecule has 0 fully saturated rings. The zero-order valence-electron chi connectivity index (χ0n) is 8.97. The van der Waals surface area contributed by atoms with E-state index in [1.165, 1.54) is 0 Å². The molecule has 0 aliphatic carbocycles. The SMILES string of the molecule is C#CCCCC(N)C(C)(CC)OC. The summed E-state index contributed by atoms with van der Waals surface area (Å²) in [6.45, 7) is 4.14. The van der Waals surface area contributed by atoms with Gasteiger partial charge in [0.1, 0.15) is 0 Å². The minimum absolute atomic E-state index is 0.0795. The van der Waals surface area contributed by atoms with E-state index < -0.39 is 0 Å². The van der Waals surface area contributed by atoms with Gasteiger partial charge in [-0.3, -0.25) is 0 Å². The van der Waals surface area contributed by atoms with Gasteiger partial charge in [0.15, 0.2) is 0 Å². The van der Waals surface area contributed by atoms with Crippen molar-refractivity contribution in [3.63, 3.8) is 0 Å². The molecule has 0 spiro atoms. The third kappa shape index (κ3) is 3.80. The molecule has 0 aliphatic rings. The van der Waals surface area contributed by atoms with Crippen molar-refractivity contribution in [2.24, 2.45) is 5.73 Å². The highest BCUT2D eigenvalue weighted by atomic mass is 16.5. The maximum absolute atomic E-state index is 6.02. The highest BCUT2D eigenvalue weighted by molar-refractivity contribution is 4.88. The Bertz CT molecular complexity index is 167. The van der Waals surface area contributed by atoms with Gasteiger partial charge < -0.3 is 10.5 Å². The van der Waals surface area contributed by atoms with Crippen LogP contribution in [0.2, 0.25) is 0 Å². The summed E-state index contributed by atoms with van der Waals surface area (Å²) >= 11 is 0. The molecule has 0 aliphatic heterocycles. The van der Waals surface area contributed by atoms with Crippen molar-refractivity contribution in [2.45, 2.75) is 51.2 Å². The second-order valence-corrected chi connectivity index (χ2v) is 3.57. The zero-order valence-corrected chi connectivity index (χ0v) is 8.97. The number of hydrogen-bond acceptors (Lipinski definition) is 2. The van der Waals surface area contributed by atoms with Crippen LogP contribution in [-0.2, 0) is 4.74 Å². The van der Waals surface area contributed by atoms with E-state index in [0.717, 1.165) is 25.7 Å². The molecule has 0 radical (unpaired) electrons. The number of methoxy groups -OCH3 is 1. The molecule has 0 aromatic heterocycles. The van der Waals surface area contributed by atoms with Crippen LogP contribution >= 0.6 is 0 Å². The van der Waals surface area contributed by atoms with Crippen molar-refractivity contribution in [3.8, 4) is 12.3 Å². The molecular weight excluding hydrogens is 162 g/mol. The van der Waals surface area contributed by atoms with Gasteiger partial charge in [0.05, 0.1) is 5.60 Å². The van der Waals surface area contributed by atoms with Crippen LogP contribution in [0.4, 0.5) is 0 Å². The monoisotopic (exact) mass is 183 g/mol. The Hall–Kier alpha value is -0.520. The summed E-state index contributed by atoms with van der Waals surface area (Å²) in [4.78, 5) is 0. The van der Waals surface area contributed by atoms with E-state index >= 15 is 0 Å². The Morgan fingerprint density at radius 1 is 1.62 bits per heavy atom. The summed E-state index contributed by atoms with van der Waals surface area (Å²) in [5, 5.41) is 0. The Kier molecular flexibility index (Phi) is 5.77. The maximum atomic E-state index is 6.02. The molecular formula is C11H21NO. The van der Waals surface area contributed by atoms with E-state index in [9.17, 15) is 0 Å². The lowest BCUT2D eigenvalue weighted by Crippen LogP contribution is -2.46. The van der Waals surface area contributed by atoms with Crippen molar-refractivity contribution in [1.82, 2.24) is 0 Å². The summed E-state index contributed by atoms with van der Waals surface area (Å²) in [7, 11) is 1.71.